The fraction of sp³-hybridized carbons (Fsp3) is 0.0769. The van der Waals surface area contributed by atoms with Crippen molar-refractivity contribution in [2.24, 2.45) is 0 Å². The number of nitrogens with zero attached hydrogens (tertiary/aromatic N) is 2. The molecule has 0 bridgehead atoms. The number of para-hydroxylation sites is 1. The van der Waals surface area contributed by atoms with Crippen LogP contribution in [0.2, 0.25) is 0 Å². The number of aromatic nitrogens is 2. The largest absolute Gasteiger partial charge is 0.449 e. The molecule has 0 spiro atoms. The fourth-order valence-corrected chi connectivity index (χ4v) is 4.63. The number of anilines is 1. The number of hydrogen-bond acceptors (Lipinski definition) is 6. The maximum atomic E-state index is 13.2. The lowest BCUT2D eigenvalue weighted by Gasteiger charge is -2.15. The number of carbonyl (C=O) groups excluding carboxylic acids is 2. The van der Waals surface area contributed by atoms with Gasteiger partial charge in [0.05, 0.1) is 27.7 Å². The molecule has 1 atom stereocenters. The quantitative estimate of drug-likeness (QED) is 0.346. The van der Waals surface area contributed by atoms with Gasteiger partial charge in [-0.25, -0.2) is 9.78 Å². The van der Waals surface area contributed by atoms with E-state index < -0.39 is 18.0 Å². The molecule has 7 heteroatoms. The van der Waals surface area contributed by atoms with Gasteiger partial charge in [-0.15, -0.1) is 11.3 Å². The molecule has 0 aliphatic heterocycles. The summed E-state index contributed by atoms with van der Waals surface area (Å²) in [6.07, 6.45) is 2.16. The third-order valence-electron chi connectivity index (χ3n) is 5.23. The van der Waals surface area contributed by atoms with Gasteiger partial charge < -0.3 is 10.1 Å². The van der Waals surface area contributed by atoms with Crippen molar-refractivity contribution in [2.45, 2.75) is 13.0 Å². The Labute approximate surface area is 193 Å². The van der Waals surface area contributed by atoms with E-state index in [1.165, 1.54) is 6.20 Å². The maximum absolute atomic E-state index is 13.2. The number of amides is 1. The zero-order valence-corrected chi connectivity index (χ0v) is 18.5. The molecule has 1 N–H and O–H groups in total. The van der Waals surface area contributed by atoms with Crippen molar-refractivity contribution in [1.29, 1.82) is 0 Å². The summed E-state index contributed by atoms with van der Waals surface area (Å²) in [5, 5.41) is 5.17. The molecule has 0 saturated heterocycles. The highest BCUT2D eigenvalue weighted by Crippen LogP contribution is 2.36. The molecule has 1 unspecified atom stereocenters. The second-order valence-corrected chi connectivity index (χ2v) is 8.51. The van der Waals surface area contributed by atoms with Crippen LogP contribution in [-0.4, -0.2) is 27.9 Å². The highest BCUT2D eigenvalue weighted by Gasteiger charge is 2.22. The van der Waals surface area contributed by atoms with Gasteiger partial charge in [-0.2, -0.15) is 0 Å². The van der Waals surface area contributed by atoms with Crippen molar-refractivity contribution in [1.82, 2.24) is 9.97 Å². The van der Waals surface area contributed by atoms with E-state index in [4.69, 9.17) is 9.72 Å². The van der Waals surface area contributed by atoms with E-state index in [-0.39, 0.29) is 0 Å². The lowest BCUT2D eigenvalue weighted by Crippen LogP contribution is -2.30. The van der Waals surface area contributed by atoms with Crippen LogP contribution in [0, 0.1) is 0 Å². The van der Waals surface area contributed by atoms with Crippen LogP contribution < -0.4 is 5.32 Å². The number of rotatable bonds is 5. The molecule has 1 amide bonds. The van der Waals surface area contributed by atoms with Gasteiger partial charge in [0, 0.05) is 17.1 Å². The maximum Gasteiger partial charge on any atom is 0.339 e. The Kier molecular flexibility index (Phi) is 5.54. The van der Waals surface area contributed by atoms with Crippen molar-refractivity contribution < 1.29 is 14.3 Å². The smallest absolute Gasteiger partial charge is 0.339 e. The zero-order valence-electron chi connectivity index (χ0n) is 17.7. The average Bonchev–Trinajstić information content (AvgIpc) is 3.28. The third-order valence-corrected chi connectivity index (χ3v) is 6.30. The molecule has 2 aromatic heterocycles. The molecular weight excluding hydrogens is 434 g/mol. The highest BCUT2D eigenvalue weighted by atomic mass is 32.1. The van der Waals surface area contributed by atoms with E-state index in [1.54, 1.807) is 48.7 Å². The number of hydrogen-bond donors (Lipinski definition) is 1. The van der Waals surface area contributed by atoms with Gasteiger partial charge >= 0.3 is 5.97 Å². The highest BCUT2D eigenvalue weighted by molar-refractivity contribution is 7.21. The van der Waals surface area contributed by atoms with Crippen molar-refractivity contribution >= 4 is 49.9 Å². The average molecular weight is 454 g/mol. The first kappa shape index (κ1) is 20.8. The van der Waals surface area contributed by atoms with Gasteiger partial charge in [-0.05, 0) is 42.6 Å². The molecule has 33 heavy (non-hydrogen) atoms. The van der Waals surface area contributed by atoms with Gasteiger partial charge in [-0.1, -0.05) is 42.5 Å². The normalized spacial score (nSPS) is 11.9. The van der Waals surface area contributed by atoms with E-state index >= 15 is 0 Å². The Hall–Kier alpha value is -4.10. The Bertz CT molecular complexity index is 1440. The molecule has 5 aromatic rings. The van der Waals surface area contributed by atoms with Crippen molar-refractivity contribution in [3.63, 3.8) is 0 Å². The SMILES string of the molecule is CC(OC(=O)c1cccc2cccc(-c3nc4ccccc4s3)c12)C(=O)Nc1cccnc1. The predicted octanol–water partition coefficient (Wildman–Crippen LogP) is 5.70. The van der Waals surface area contributed by atoms with E-state index in [2.05, 4.69) is 10.3 Å². The lowest BCUT2D eigenvalue weighted by molar-refractivity contribution is -0.123. The van der Waals surface area contributed by atoms with Crippen LogP contribution in [0.25, 0.3) is 31.6 Å². The number of pyridine rings is 1. The van der Waals surface area contributed by atoms with Crippen LogP contribution in [-0.2, 0) is 9.53 Å². The summed E-state index contributed by atoms with van der Waals surface area (Å²) in [5.41, 5.74) is 2.70. The number of nitrogens with one attached hydrogen (secondary N) is 1. The molecule has 3 aromatic carbocycles. The first-order valence-corrected chi connectivity index (χ1v) is 11.2. The van der Waals surface area contributed by atoms with Crippen molar-refractivity contribution in [2.75, 3.05) is 5.32 Å². The molecule has 0 saturated carbocycles. The summed E-state index contributed by atoms with van der Waals surface area (Å²) in [4.78, 5) is 34.4. The van der Waals surface area contributed by atoms with Gasteiger partial charge in [0.25, 0.3) is 5.91 Å². The van der Waals surface area contributed by atoms with E-state index in [9.17, 15) is 9.59 Å². The summed E-state index contributed by atoms with van der Waals surface area (Å²) < 4.78 is 6.61. The standard InChI is InChI=1S/C26H19N3O3S/c1-16(24(30)28-18-9-6-14-27-15-18)32-26(31)20-11-5-8-17-7-4-10-19(23(17)20)25-29-21-12-2-3-13-22(21)33-25/h2-16H,1H3,(H,28,30). The van der Waals surface area contributed by atoms with Gasteiger partial charge in [0.1, 0.15) is 5.01 Å². The van der Waals surface area contributed by atoms with Crippen LogP contribution in [0.4, 0.5) is 5.69 Å². The van der Waals surface area contributed by atoms with Crippen LogP contribution in [0.15, 0.2) is 85.2 Å². The number of carbonyl (C=O) groups is 2. The first-order valence-electron chi connectivity index (χ1n) is 10.4. The van der Waals surface area contributed by atoms with Gasteiger partial charge in [0.15, 0.2) is 6.10 Å². The Balaban J connectivity index is 1.48. The first-order chi connectivity index (χ1) is 16.1. The molecule has 6 nitrogen and oxygen atoms in total. The minimum absolute atomic E-state index is 0.392. The van der Waals surface area contributed by atoms with Crippen molar-refractivity contribution in [3.05, 3.63) is 90.8 Å². The minimum atomic E-state index is -0.984. The third kappa shape index (κ3) is 4.18. The molecule has 2 heterocycles. The second kappa shape index (κ2) is 8.80. The zero-order chi connectivity index (χ0) is 22.8. The number of ether oxygens (including phenoxy) is 1. The monoisotopic (exact) mass is 453 g/mol. The number of thiazole rings is 1. The summed E-state index contributed by atoms with van der Waals surface area (Å²) in [6.45, 7) is 1.54. The molecule has 0 aliphatic rings. The molecule has 0 fully saturated rings. The number of fused-ring (bicyclic) bond motifs is 2. The topological polar surface area (TPSA) is 81.2 Å². The van der Waals surface area contributed by atoms with Crippen molar-refractivity contribution in [3.8, 4) is 10.6 Å². The van der Waals surface area contributed by atoms with E-state index in [0.29, 0.717) is 11.3 Å². The van der Waals surface area contributed by atoms with Crippen LogP contribution in [0.3, 0.4) is 0 Å². The van der Waals surface area contributed by atoms with E-state index in [0.717, 1.165) is 31.6 Å². The van der Waals surface area contributed by atoms with E-state index in [1.807, 2.05) is 48.5 Å². The second-order valence-electron chi connectivity index (χ2n) is 7.47. The van der Waals surface area contributed by atoms with Gasteiger partial charge in [0.2, 0.25) is 0 Å². The molecule has 5 rings (SSSR count). The summed E-state index contributed by atoms with van der Waals surface area (Å²) >= 11 is 1.57. The fourth-order valence-electron chi connectivity index (χ4n) is 3.63. The summed E-state index contributed by atoms with van der Waals surface area (Å²) in [7, 11) is 0. The summed E-state index contributed by atoms with van der Waals surface area (Å²) in [5.74, 6) is -0.994. The van der Waals surface area contributed by atoms with Gasteiger partial charge in [-0.3, -0.25) is 9.78 Å². The minimum Gasteiger partial charge on any atom is -0.449 e. The Morgan fingerprint density at radius 3 is 2.58 bits per heavy atom. The lowest BCUT2D eigenvalue weighted by atomic mass is 9.99. The Morgan fingerprint density at radius 1 is 0.970 bits per heavy atom. The number of benzene rings is 3. The molecule has 0 aliphatic carbocycles. The van der Waals surface area contributed by atoms with Crippen LogP contribution in [0.1, 0.15) is 17.3 Å². The molecular formula is C26H19N3O3S. The Morgan fingerprint density at radius 2 is 1.79 bits per heavy atom. The van der Waals surface area contributed by atoms with Crippen LogP contribution >= 0.6 is 11.3 Å². The molecule has 162 valence electrons. The van der Waals surface area contributed by atoms with Crippen LogP contribution in [0.5, 0.6) is 0 Å². The predicted molar refractivity (Wildman–Crippen MR) is 130 cm³/mol. The molecule has 0 radical (unpaired) electrons. The number of esters is 1. The summed E-state index contributed by atoms with van der Waals surface area (Å²) in [6, 6.07) is 22.7.